The number of hydrogen-bond acceptors (Lipinski definition) is 0. The second-order valence-electron chi connectivity index (χ2n) is 3.26. The molecule has 0 nitrogen and oxygen atoms in total. The van der Waals surface area contributed by atoms with Crippen LogP contribution in [0, 0.1) is 0 Å². The highest BCUT2D eigenvalue weighted by Crippen LogP contribution is 2.20. The molecule has 0 aliphatic carbocycles. The molecule has 0 spiro atoms. The molecule has 0 saturated carbocycles. The fourth-order valence-corrected chi connectivity index (χ4v) is 1.42. The summed E-state index contributed by atoms with van der Waals surface area (Å²) in [7, 11) is 0. The molecular weight excluding hydrogens is 180 g/mol. The van der Waals surface area contributed by atoms with E-state index in [9.17, 15) is 0 Å². The standard InChI is InChI=1S/C15H16/c1-5-12(4)14-9-8-10-15(11-14)13(6-2)7-3/h5-11H,1-2,4H2,3H3/b13-7+. The quantitative estimate of drug-likeness (QED) is 0.623. The third-order valence-corrected chi connectivity index (χ3v) is 2.34. The maximum absolute atomic E-state index is 3.93. The van der Waals surface area contributed by atoms with Gasteiger partial charge < -0.3 is 0 Å². The van der Waals surface area contributed by atoms with E-state index in [0.29, 0.717) is 0 Å². The first kappa shape index (κ1) is 11.3. The van der Waals surface area contributed by atoms with Gasteiger partial charge in [0.2, 0.25) is 0 Å². The lowest BCUT2D eigenvalue weighted by molar-refractivity contribution is 1.56. The predicted octanol–water partition coefficient (Wildman–Crippen LogP) is 4.48. The Balaban J connectivity index is 3.18. The maximum Gasteiger partial charge on any atom is -0.0181 e. The summed E-state index contributed by atoms with van der Waals surface area (Å²) in [6.45, 7) is 13.4. The Morgan fingerprint density at radius 1 is 1.13 bits per heavy atom. The minimum absolute atomic E-state index is 0.941. The highest BCUT2D eigenvalue weighted by atomic mass is 14.0. The van der Waals surface area contributed by atoms with Crippen molar-refractivity contribution in [1.82, 2.24) is 0 Å². The molecule has 0 aromatic heterocycles. The van der Waals surface area contributed by atoms with Gasteiger partial charge in [-0.05, 0) is 35.3 Å². The van der Waals surface area contributed by atoms with Crippen LogP contribution in [0.5, 0.6) is 0 Å². The summed E-state index contributed by atoms with van der Waals surface area (Å²) in [5.41, 5.74) is 4.33. The normalized spacial score (nSPS) is 10.9. The minimum Gasteiger partial charge on any atom is -0.0985 e. The summed E-state index contributed by atoms with van der Waals surface area (Å²) in [6, 6.07) is 8.22. The molecule has 0 bridgehead atoms. The smallest absolute Gasteiger partial charge is 0.0181 e. The van der Waals surface area contributed by atoms with E-state index < -0.39 is 0 Å². The van der Waals surface area contributed by atoms with Crippen molar-refractivity contribution >= 4 is 11.1 Å². The lowest BCUT2D eigenvalue weighted by Gasteiger charge is -2.05. The summed E-state index contributed by atoms with van der Waals surface area (Å²) in [5.74, 6) is 0. The van der Waals surface area contributed by atoms with Crippen LogP contribution >= 0.6 is 0 Å². The molecule has 0 heterocycles. The van der Waals surface area contributed by atoms with E-state index in [-0.39, 0.29) is 0 Å². The third kappa shape index (κ3) is 2.57. The van der Waals surface area contributed by atoms with Crippen molar-refractivity contribution in [2.75, 3.05) is 0 Å². The molecule has 0 saturated heterocycles. The van der Waals surface area contributed by atoms with E-state index in [4.69, 9.17) is 0 Å². The van der Waals surface area contributed by atoms with Crippen LogP contribution in [0.1, 0.15) is 18.1 Å². The number of rotatable bonds is 4. The average Bonchev–Trinajstić information content (AvgIpc) is 2.30. The zero-order valence-electron chi connectivity index (χ0n) is 9.16. The molecule has 76 valence electrons. The summed E-state index contributed by atoms with van der Waals surface area (Å²) in [6.07, 6.45) is 5.67. The van der Waals surface area contributed by atoms with Crippen LogP contribution in [-0.2, 0) is 0 Å². The van der Waals surface area contributed by atoms with Gasteiger partial charge in [-0.3, -0.25) is 0 Å². The number of benzene rings is 1. The fraction of sp³-hybridized carbons (Fsp3) is 0.0667. The monoisotopic (exact) mass is 196 g/mol. The third-order valence-electron chi connectivity index (χ3n) is 2.34. The molecule has 1 aromatic rings. The summed E-state index contributed by atoms with van der Waals surface area (Å²) in [4.78, 5) is 0. The SMILES string of the molecule is C=CC(=C)c1cccc(/C(C=C)=C/C)c1. The van der Waals surface area contributed by atoms with Crippen molar-refractivity contribution in [3.05, 3.63) is 73.4 Å². The van der Waals surface area contributed by atoms with E-state index in [2.05, 4.69) is 31.9 Å². The van der Waals surface area contributed by atoms with Crippen molar-refractivity contribution in [3.63, 3.8) is 0 Å². The van der Waals surface area contributed by atoms with E-state index in [1.165, 1.54) is 0 Å². The molecule has 15 heavy (non-hydrogen) atoms. The Kier molecular flexibility index (Phi) is 3.87. The van der Waals surface area contributed by atoms with Crippen LogP contribution in [0.25, 0.3) is 11.1 Å². The van der Waals surface area contributed by atoms with E-state index in [1.807, 2.05) is 31.2 Å². The van der Waals surface area contributed by atoms with E-state index in [1.54, 1.807) is 6.08 Å². The van der Waals surface area contributed by atoms with Crippen molar-refractivity contribution < 1.29 is 0 Å². The fourth-order valence-electron chi connectivity index (χ4n) is 1.42. The van der Waals surface area contributed by atoms with Crippen LogP contribution in [0.15, 0.2) is 62.2 Å². The number of hydrogen-bond donors (Lipinski definition) is 0. The minimum atomic E-state index is 0.941. The molecule has 0 N–H and O–H groups in total. The highest BCUT2D eigenvalue weighted by Gasteiger charge is 1.99. The van der Waals surface area contributed by atoms with Gasteiger partial charge in [-0.2, -0.15) is 0 Å². The Hall–Kier alpha value is -1.82. The van der Waals surface area contributed by atoms with Crippen molar-refractivity contribution in [2.45, 2.75) is 6.92 Å². The van der Waals surface area contributed by atoms with Crippen LogP contribution < -0.4 is 0 Å². The molecule has 0 amide bonds. The van der Waals surface area contributed by atoms with Crippen LogP contribution in [-0.4, -0.2) is 0 Å². The first-order valence-electron chi connectivity index (χ1n) is 4.93. The van der Waals surface area contributed by atoms with Gasteiger partial charge >= 0.3 is 0 Å². The first-order valence-corrected chi connectivity index (χ1v) is 4.93. The van der Waals surface area contributed by atoms with Crippen molar-refractivity contribution in [3.8, 4) is 0 Å². The lowest BCUT2D eigenvalue weighted by Crippen LogP contribution is -1.84. The highest BCUT2D eigenvalue weighted by molar-refractivity contribution is 5.78. The summed E-state index contributed by atoms with van der Waals surface area (Å²) in [5, 5.41) is 0. The topological polar surface area (TPSA) is 0 Å². The molecule has 0 radical (unpaired) electrons. The Bertz CT molecular complexity index is 419. The second-order valence-corrected chi connectivity index (χ2v) is 3.26. The van der Waals surface area contributed by atoms with Gasteiger partial charge in [0.15, 0.2) is 0 Å². The van der Waals surface area contributed by atoms with Crippen LogP contribution in [0.4, 0.5) is 0 Å². The zero-order chi connectivity index (χ0) is 11.3. The van der Waals surface area contributed by atoms with Gasteiger partial charge in [0.1, 0.15) is 0 Å². The molecule has 1 aromatic carbocycles. The van der Waals surface area contributed by atoms with Crippen molar-refractivity contribution in [2.24, 2.45) is 0 Å². The van der Waals surface area contributed by atoms with Gasteiger partial charge in [0.05, 0.1) is 0 Å². The van der Waals surface area contributed by atoms with Gasteiger partial charge in [0.25, 0.3) is 0 Å². The van der Waals surface area contributed by atoms with Gasteiger partial charge in [-0.1, -0.05) is 56.2 Å². The Morgan fingerprint density at radius 3 is 2.33 bits per heavy atom. The van der Waals surface area contributed by atoms with Gasteiger partial charge in [-0.15, -0.1) is 0 Å². The van der Waals surface area contributed by atoms with E-state index in [0.717, 1.165) is 22.3 Å². The molecule has 0 aliphatic rings. The average molecular weight is 196 g/mol. The first-order chi connectivity index (χ1) is 7.22. The molecular formula is C15H16. The summed E-state index contributed by atoms with van der Waals surface area (Å²) >= 11 is 0. The molecule has 0 heteroatoms. The second kappa shape index (κ2) is 5.16. The maximum atomic E-state index is 3.93. The molecule has 0 atom stereocenters. The lowest BCUT2D eigenvalue weighted by atomic mass is 10.00. The largest absolute Gasteiger partial charge is 0.0985 e. The van der Waals surface area contributed by atoms with Crippen LogP contribution in [0.3, 0.4) is 0 Å². The van der Waals surface area contributed by atoms with Gasteiger partial charge in [0, 0.05) is 0 Å². The van der Waals surface area contributed by atoms with E-state index >= 15 is 0 Å². The molecule has 0 aliphatic heterocycles. The van der Waals surface area contributed by atoms with Crippen LogP contribution in [0.2, 0.25) is 0 Å². The Morgan fingerprint density at radius 2 is 1.80 bits per heavy atom. The number of allylic oxidation sites excluding steroid dienone is 5. The Labute approximate surface area is 92.0 Å². The molecule has 0 unspecified atom stereocenters. The predicted molar refractivity (Wildman–Crippen MR) is 69.5 cm³/mol. The summed E-state index contributed by atoms with van der Waals surface area (Å²) < 4.78 is 0. The van der Waals surface area contributed by atoms with Gasteiger partial charge in [-0.25, -0.2) is 0 Å². The zero-order valence-corrected chi connectivity index (χ0v) is 9.16. The molecule has 0 fully saturated rings. The van der Waals surface area contributed by atoms with Crippen molar-refractivity contribution in [1.29, 1.82) is 0 Å². The molecule has 1 rings (SSSR count).